The van der Waals surface area contributed by atoms with Crippen LogP contribution in [0, 0.1) is 11.8 Å². The number of benzene rings is 1. The number of rotatable bonds is 3. The van der Waals surface area contributed by atoms with Crippen LogP contribution in [0.3, 0.4) is 0 Å². The molecule has 0 radical (unpaired) electrons. The van der Waals surface area contributed by atoms with Crippen molar-refractivity contribution in [3.8, 4) is 0 Å². The maximum atomic E-state index is 3.76. The summed E-state index contributed by atoms with van der Waals surface area (Å²) in [6.07, 6.45) is 2.84. The molecule has 1 aromatic rings. The molecule has 1 heterocycles. The molecule has 1 atom stereocenters. The first-order chi connectivity index (χ1) is 8.74. The van der Waals surface area contributed by atoms with Crippen LogP contribution in [0.5, 0.6) is 0 Å². The van der Waals surface area contributed by atoms with Gasteiger partial charge in [-0.15, -0.1) is 0 Å². The molecule has 1 aliphatic heterocycles. The van der Waals surface area contributed by atoms with Crippen LogP contribution in [0.2, 0.25) is 0 Å². The zero-order chi connectivity index (χ0) is 12.5. The number of fused-ring (bicyclic) bond motifs is 1. The Labute approximate surface area is 110 Å². The van der Waals surface area contributed by atoms with Crippen molar-refractivity contribution in [2.75, 3.05) is 18.0 Å². The van der Waals surface area contributed by atoms with E-state index in [4.69, 9.17) is 0 Å². The predicted octanol–water partition coefficient (Wildman–Crippen LogP) is 3.03. The lowest BCUT2D eigenvalue weighted by molar-refractivity contribution is 0.458. The third-order valence-electron chi connectivity index (χ3n) is 4.08. The molecule has 98 valence electrons. The number of para-hydroxylation sites is 1. The summed E-state index contributed by atoms with van der Waals surface area (Å²) < 4.78 is 0. The van der Waals surface area contributed by atoms with Crippen molar-refractivity contribution in [1.82, 2.24) is 5.32 Å². The van der Waals surface area contributed by atoms with Crippen LogP contribution in [0.15, 0.2) is 24.3 Å². The van der Waals surface area contributed by atoms with Crippen LogP contribution in [0.4, 0.5) is 5.69 Å². The molecule has 1 N–H and O–H groups in total. The number of anilines is 1. The van der Waals surface area contributed by atoms with Gasteiger partial charge in [-0.25, -0.2) is 0 Å². The van der Waals surface area contributed by atoms with Gasteiger partial charge in [-0.3, -0.25) is 0 Å². The summed E-state index contributed by atoms with van der Waals surface area (Å²) in [5.74, 6) is 1.64. The molecule has 0 spiro atoms. The van der Waals surface area contributed by atoms with Gasteiger partial charge in [0, 0.05) is 31.4 Å². The quantitative estimate of drug-likeness (QED) is 0.879. The summed E-state index contributed by atoms with van der Waals surface area (Å²) in [6, 6.07) is 9.57. The molecular formula is C16H24N2. The van der Waals surface area contributed by atoms with E-state index in [0.717, 1.165) is 18.4 Å². The van der Waals surface area contributed by atoms with Crippen molar-refractivity contribution in [3.05, 3.63) is 29.8 Å². The fourth-order valence-electron chi connectivity index (χ4n) is 3.04. The Balaban J connectivity index is 1.85. The highest BCUT2D eigenvalue weighted by atomic mass is 15.2. The standard InChI is InChI=1S/C16H24N2/c1-12(2)10-18-11-15(13-7-8-13)17-9-14-5-3-4-6-16(14)18/h3-6,12-13,15,17H,7-11H2,1-2H3. The Kier molecular flexibility index (Phi) is 3.29. The summed E-state index contributed by atoms with van der Waals surface area (Å²) in [7, 11) is 0. The van der Waals surface area contributed by atoms with Crippen LogP contribution >= 0.6 is 0 Å². The Bertz CT molecular complexity index is 409. The minimum atomic E-state index is 0.691. The summed E-state index contributed by atoms with van der Waals surface area (Å²) in [5, 5.41) is 3.76. The normalized spacial score (nSPS) is 23.9. The van der Waals surface area contributed by atoms with Gasteiger partial charge in [0.15, 0.2) is 0 Å². The van der Waals surface area contributed by atoms with Crippen molar-refractivity contribution in [1.29, 1.82) is 0 Å². The summed E-state index contributed by atoms with van der Waals surface area (Å²) in [6.45, 7) is 8.01. The van der Waals surface area contributed by atoms with Gasteiger partial charge in [-0.2, -0.15) is 0 Å². The second-order valence-electron chi connectivity index (χ2n) is 6.25. The van der Waals surface area contributed by atoms with Gasteiger partial charge in [0.1, 0.15) is 0 Å². The second-order valence-corrected chi connectivity index (χ2v) is 6.25. The highest BCUT2D eigenvalue weighted by molar-refractivity contribution is 5.54. The Hall–Kier alpha value is -1.02. The fourth-order valence-corrected chi connectivity index (χ4v) is 3.04. The van der Waals surface area contributed by atoms with E-state index in [1.807, 2.05) is 0 Å². The lowest BCUT2D eigenvalue weighted by Gasteiger charge is -2.29. The first kappa shape index (κ1) is 12.0. The molecule has 1 fully saturated rings. The van der Waals surface area contributed by atoms with Gasteiger partial charge in [-0.1, -0.05) is 32.0 Å². The second kappa shape index (κ2) is 4.93. The lowest BCUT2D eigenvalue weighted by atomic mass is 10.1. The van der Waals surface area contributed by atoms with E-state index in [2.05, 4.69) is 48.3 Å². The Morgan fingerprint density at radius 3 is 2.78 bits per heavy atom. The summed E-state index contributed by atoms with van der Waals surface area (Å²) in [4.78, 5) is 2.60. The first-order valence-electron chi connectivity index (χ1n) is 7.30. The number of hydrogen-bond acceptors (Lipinski definition) is 2. The summed E-state index contributed by atoms with van der Waals surface area (Å²) >= 11 is 0. The predicted molar refractivity (Wildman–Crippen MR) is 76.8 cm³/mol. The van der Waals surface area contributed by atoms with E-state index < -0.39 is 0 Å². The van der Waals surface area contributed by atoms with Crippen molar-refractivity contribution >= 4 is 5.69 Å². The fraction of sp³-hybridized carbons (Fsp3) is 0.625. The van der Waals surface area contributed by atoms with E-state index in [0.29, 0.717) is 6.04 Å². The van der Waals surface area contributed by atoms with E-state index >= 15 is 0 Å². The van der Waals surface area contributed by atoms with Gasteiger partial charge < -0.3 is 10.2 Å². The third kappa shape index (κ3) is 2.54. The molecule has 2 aliphatic rings. The van der Waals surface area contributed by atoms with Crippen molar-refractivity contribution in [2.24, 2.45) is 11.8 Å². The smallest absolute Gasteiger partial charge is 0.0412 e. The van der Waals surface area contributed by atoms with Crippen LogP contribution < -0.4 is 10.2 Å². The SMILES string of the molecule is CC(C)CN1CC(C2CC2)NCc2ccccc21. The molecule has 0 bridgehead atoms. The Morgan fingerprint density at radius 1 is 1.28 bits per heavy atom. The average molecular weight is 244 g/mol. The van der Waals surface area contributed by atoms with E-state index in [-0.39, 0.29) is 0 Å². The maximum absolute atomic E-state index is 3.76. The molecule has 1 saturated carbocycles. The molecular weight excluding hydrogens is 220 g/mol. The first-order valence-corrected chi connectivity index (χ1v) is 7.30. The molecule has 18 heavy (non-hydrogen) atoms. The molecule has 1 aliphatic carbocycles. The zero-order valence-electron chi connectivity index (χ0n) is 11.5. The van der Waals surface area contributed by atoms with Crippen molar-refractivity contribution in [2.45, 2.75) is 39.3 Å². The molecule has 0 amide bonds. The van der Waals surface area contributed by atoms with Crippen LogP contribution in [-0.4, -0.2) is 19.1 Å². The van der Waals surface area contributed by atoms with Crippen molar-refractivity contribution in [3.63, 3.8) is 0 Å². The number of nitrogens with zero attached hydrogens (tertiary/aromatic N) is 1. The van der Waals surface area contributed by atoms with Crippen LogP contribution in [-0.2, 0) is 6.54 Å². The molecule has 0 aromatic heterocycles. The molecule has 2 heteroatoms. The minimum absolute atomic E-state index is 0.691. The molecule has 1 aromatic carbocycles. The van der Waals surface area contributed by atoms with Crippen LogP contribution in [0.1, 0.15) is 32.3 Å². The number of nitrogens with one attached hydrogen (secondary N) is 1. The summed E-state index contributed by atoms with van der Waals surface area (Å²) in [5.41, 5.74) is 2.91. The lowest BCUT2D eigenvalue weighted by Crippen LogP contribution is -2.41. The highest BCUT2D eigenvalue weighted by Crippen LogP contribution is 2.35. The highest BCUT2D eigenvalue weighted by Gasteiger charge is 2.34. The monoisotopic (exact) mass is 244 g/mol. The van der Waals surface area contributed by atoms with Gasteiger partial charge in [-0.05, 0) is 36.3 Å². The zero-order valence-corrected chi connectivity index (χ0v) is 11.5. The molecule has 2 nitrogen and oxygen atoms in total. The van der Waals surface area contributed by atoms with E-state index in [1.54, 1.807) is 0 Å². The van der Waals surface area contributed by atoms with E-state index in [1.165, 1.54) is 37.2 Å². The molecule has 0 saturated heterocycles. The third-order valence-corrected chi connectivity index (χ3v) is 4.08. The molecule has 1 unspecified atom stereocenters. The minimum Gasteiger partial charge on any atom is -0.369 e. The van der Waals surface area contributed by atoms with Crippen molar-refractivity contribution < 1.29 is 0 Å². The van der Waals surface area contributed by atoms with Gasteiger partial charge in [0.25, 0.3) is 0 Å². The van der Waals surface area contributed by atoms with Crippen LogP contribution in [0.25, 0.3) is 0 Å². The largest absolute Gasteiger partial charge is 0.369 e. The van der Waals surface area contributed by atoms with Gasteiger partial charge >= 0.3 is 0 Å². The molecule has 3 rings (SSSR count). The Morgan fingerprint density at radius 2 is 2.06 bits per heavy atom. The maximum Gasteiger partial charge on any atom is 0.0412 e. The average Bonchev–Trinajstić information content (AvgIpc) is 3.16. The topological polar surface area (TPSA) is 15.3 Å². The van der Waals surface area contributed by atoms with Gasteiger partial charge in [0.2, 0.25) is 0 Å². The number of hydrogen-bond donors (Lipinski definition) is 1. The van der Waals surface area contributed by atoms with Gasteiger partial charge in [0.05, 0.1) is 0 Å². The van der Waals surface area contributed by atoms with E-state index in [9.17, 15) is 0 Å².